The van der Waals surface area contributed by atoms with Gasteiger partial charge in [0.1, 0.15) is 5.75 Å². The maximum absolute atomic E-state index is 12.5. The molecule has 0 bridgehead atoms. The highest BCUT2D eigenvalue weighted by molar-refractivity contribution is 6.39. The summed E-state index contributed by atoms with van der Waals surface area (Å²) in [6.07, 6.45) is 2.00. The van der Waals surface area contributed by atoms with Crippen molar-refractivity contribution in [3.8, 4) is 23.1 Å². The molecular weight excluding hydrogens is 442 g/mol. The van der Waals surface area contributed by atoms with Gasteiger partial charge in [-0.25, -0.2) is 4.79 Å². The van der Waals surface area contributed by atoms with Gasteiger partial charge in [0.2, 0.25) is 0 Å². The van der Waals surface area contributed by atoms with E-state index >= 15 is 0 Å². The van der Waals surface area contributed by atoms with Gasteiger partial charge in [-0.15, -0.1) is 0 Å². The Kier molecular flexibility index (Phi) is 7.52. The molecule has 3 N–H and O–H groups in total. The summed E-state index contributed by atoms with van der Waals surface area (Å²) in [4.78, 5) is 39.7. The van der Waals surface area contributed by atoms with Crippen LogP contribution in [0.2, 0.25) is 0 Å². The molecule has 0 spiro atoms. The van der Waals surface area contributed by atoms with Gasteiger partial charge in [0.05, 0.1) is 13.3 Å². The molecule has 0 unspecified atom stereocenters. The molecule has 10 nitrogen and oxygen atoms in total. The minimum atomic E-state index is -1.07. The third-order valence-corrected chi connectivity index (χ3v) is 4.63. The zero-order valence-corrected chi connectivity index (χ0v) is 19.0. The summed E-state index contributed by atoms with van der Waals surface area (Å²) in [7, 11) is 1.44. The van der Waals surface area contributed by atoms with Crippen LogP contribution in [0.1, 0.15) is 19.4 Å². The van der Waals surface area contributed by atoms with Gasteiger partial charge in [0.25, 0.3) is 0 Å². The maximum Gasteiger partial charge on any atom is 0.393 e. The number of carboxylic acid groups (broad SMARTS) is 1. The van der Waals surface area contributed by atoms with Gasteiger partial charge in [-0.3, -0.25) is 9.59 Å². The van der Waals surface area contributed by atoms with Crippen molar-refractivity contribution < 1.29 is 33.4 Å². The number of aromatic nitrogens is 1. The summed E-state index contributed by atoms with van der Waals surface area (Å²) >= 11 is 0. The van der Waals surface area contributed by atoms with Crippen molar-refractivity contribution in [3.05, 3.63) is 60.3 Å². The predicted octanol–water partition coefficient (Wildman–Crippen LogP) is 2.89. The molecule has 178 valence electrons. The van der Waals surface area contributed by atoms with E-state index in [2.05, 4.69) is 15.6 Å². The third-order valence-electron chi connectivity index (χ3n) is 4.63. The van der Waals surface area contributed by atoms with E-state index in [4.69, 9.17) is 19.0 Å². The molecule has 0 aliphatic carbocycles. The van der Waals surface area contributed by atoms with Crippen LogP contribution in [-0.2, 0) is 20.8 Å². The number of nitrogens with zero attached hydrogens (tertiary/aromatic N) is 1. The van der Waals surface area contributed by atoms with Crippen LogP contribution in [0.5, 0.6) is 11.8 Å². The molecule has 0 saturated carbocycles. The Morgan fingerprint density at radius 3 is 2.56 bits per heavy atom. The molecule has 3 aromatic rings. The Bertz CT molecular complexity index is 1190. The Morgan fingerprint density at radius 1 is 1.09 bits per heavy atom. The normalized spacial score (nSPS) is 10.9. The average molecular weight is 467 g/mol. The summed E-state index contributed by atoms with van der Waals surface area (Å²) < 4.78 is 15.5. The van der Waals surface area contributed by atoms with Crippen molar-refractivity contribution in [2.24, 2.45) is 0 Å². The van der Waals surface area contributed by atoms with Crippen LogP contribution < -0.4 is 20.1 Å². The predicted molar refractivity (Wildman–Crippen MR) is 123 cm³/mol. The summed E-state index contributed by atoms with van der Waals surface area (Å²) in [5.74, 6) is -1.83. The summed E-state index contributed by atoms with van der Waals surface area (Å²) in [5, 5.41) is 14.0. The molecule has 0 atom stereocenters. The number of hydrogen-bond donors (Lipinski definition) is 3. The minimum absolute atomic E-state index is 0.116. The first-order valence-corrected chi connectivity index (χ1v) is 10.3. The molecule has 34 heavy (non-hydrogen) atoms. The highest BCUT2D eigenvalue weighted by atomic mass is 16.6. The van der Waals surface area contributed by atoms with Gasteiger partial charge in [0, 0.05) is 16.8 Å². The standard InChI is InChI=1S/C24H25N3O7/c1-24(2,12-15-6-4-9-18(10-15)33-14-20(28)29)27-22(31)21(30)26-17-8-5-7-16(11-17)19-13-25-23(32-3)34-19/h4-11,13H,12,14H2,1-3H3,(H,26,30)(H,27,31)(H,28,29). The van der Waals surface area contributed by atoms with E-state index < -0.39 is 29.9 Å². The lowest BCUT2D eigenvalue weighted by molar-refractivity contribution is -0.139. The van der Waals surface area contributed by atoms with Crippen LogP contribution >= 0.6 is 0 Å². The lowest BCUT2D eigenvalue weighted by atomic mass is 9.94. The van der Waals surface area contributed by atoms with Gasteiger partial charge in [0.15, 0.2) is 12.4 Å². The molecule has 10 heteroatoms. The van der Waals surface area contributed by atoms with Gasteiger partial charge >= 0.3 is 23.9 Å². The lowest BCUT2D eigenvalue weighted by Crippen LogP contribution is -2.49. The zero-order chi connectivity index (χ0) is 24.7. The smallest absolute Gasteiger partial charge is 0.393 e. The van der Waals surface area contributed by atoms with Gasteiger partial charge < -0.3 is 29.6 Å². The highest BCUT2D eigenvalue weighted by Crippen LogP contribution is 2.26. The van der Waals surface area contributed by atoms with Gasteiger partial charge in [-0.2, -0.15) is 4.98 Å². The minimum Gasteiger partial charge on any atom is -0.482 e. The summed E-state index contributed by atoms with van der Waals surface area (Å²) in [5.41, 5.74) is 1.11. The van der Waals surface area contributed by atoms with Crippen LogP contribution in [0.4, 0.5) is 5.69 Å². The van der Waals surface area contributed by atoms with Crippen molar-refractivity contribution in [2.75, 3.05) is 19.0 Å². The summed E-state index contributed by atoms with van der Waals surface area (Å²) in [6, 6.07) is 13.7. The second-order valence-corrected chi connectivity index (χ2v) is 8.07. The first-order chi connectivity index (χ1) is 16.1. The zero-order valence-electron chi connectivity index (χ0n) is 19.0. The fourth-order valence-electron chi connectivity index (χ4n) is 3.23. The fraction of sp³-hybridized carbons (Fsp3) is 0.250. The maximum atomic E-state index is 12.5. The van der Waals surface area contributed by atoms with E-state index in [1.54, 1.807) is 56.3 Å². The van der Waals surface area contributed by atoms with Crippen LogP contribution in [-0.4, -0.2) is 47.1 Å². The highest BCUT2D eigenvalue weighted by Gasteiger charge is 2.25. The van der Waals surface area contributed by atoms with Crippen molar-refractivity contribution in [2.45, 2.75) is 25.8 Å². The Hall–Kier alpha value is -4.34. The van der Waals surface area contributed by atoms with E-state index in [-0.39, 0.29) is 6.08 Å². The van der Waals surface area contributed by atoms with Gasteiger partial charge in [-0.05, 0) is 50.1 Å². The molecule has 0 fully saturated rings. The number of oxazole rings is 1. The molecule has 0 saturated heterocycles. The number of carbonyl (C=O) groups is 3. The number of aliphatic carboxylic acids is 1. The van der Waals surface area contributed by atoms with E-state index in [0.717, 1.165) is 5.56 Å². The summed E-state index contributed by atoms with van der Waals surface area (Å²) in [6.45, 7) is 3.11. The first kappa shape index (κ1) is 24.3. The quantitative estimate of drug-likeness (QED) is 0.408. The number of hydrogen-bond acceptors (Lipinski definition) is 7. The molecule has 2 aromatic carbocycles. The largest absolute Gasteiger partial charge is 0.482 e. The number of ether oxygens (including phenoxy) is 2. The topological polar surface area (TPSA) is 140 Å². The number of benzene rings is 2. The Labute approximate surface area is 195 Å². The van der Waals surface area contributed by atoms with E-state index in [1.165, 1.54) is 13.3 Å². The number of rotatable bonds is 9. The number of anilines is 1. The molecule has 0 aliphatic rings. The van der Waals surface area contributed by atoms with Crippen LogP contribution in [0.25, 0.3) is 11.3 Å². The second-order valence-electron chi connectivity index (χ2n) is 8.07. The molecule has 1 aromatic heterocycles. The number of methoxy groups -OCH3 is 1. The Morgan fingerprint density at radius 2 is 1.85 bits per heavy atom. The third kappa shape index (κ3) is 6.83. The number of amides is 2. The SMILES string of the molecule is COc1ncc(-c2cccc(NC(=O)C(=O)NC(C)(C)Cc3cccc(OCC(=O)O)c3)c2)o1. The molecular formula is C24H25N3O7. The van der Waals surface area contributed by atoms with Crippen LogP contribution in [0.15, 0.2) is 59.1 Å². The van der Waals surface area contributed by atoms with Crippen molar-refractivity contribution >= 4 is 23.5 Å². The molecule has 0 radical (unpaired) electrons. The number of nitrogens with one attached hydrogen (secondary N) is 2. The fourth-order valence-corrected chi connectivity index (χ4v) is 3.23. The van der Waals surface area contributed by atoms with E-state index in [1.807, 2.05) is 6.07 Å². The van der Waals surface area contributed by atoms with Crippen LogP contribution in [0.3, 0.4) is 0 Å². The second kappa shape index (κ2) is 10.5. The molecule has 3 rings (SSSR count). The lowest BCUT2D eigenvalue weighted by Gasteiger charge is -2.26. The monoisotopic (exact) mass is 467 g/mol. The molecule has 1 heterocycles. The van der Waals surface area contributed by atoms with Crippen molar-refractivity contribution in [1.82, 2.24) is 10.3 Å². The molecule has 0 aliphatic heterocycles. The van der Waals surface area contributed by atoms with Crippen molar-refractivity contribution in [3.63, 3.8) is 0 Å². The number of carboxylic acids is 1. The van der Waals surface area contributed by atoms with E-state index in [0.29, 0.717) is 29.2 Å². The first-order valence-electron chi connectivity index (χ1n) is 10.3. The molecule has 2 amide bonds. The van der Waals surface area contributed by atoms with Crippen molar-refractivity contribution in [1.29, 1.82) is 0 Å². The van der Waals surface area contributed by atoms with Crippen LogP contribution in [0, 0.1) is 0 Å². The van der Waals surface area contributed by atoms with Gasteiger partial charge in [-0.1, -0.05) is 24.3 Å². The van der Waals surface area contributed by atoms with E-state index in [9.17, 15) is 14.4 Å². The average Bonchev–Trinajstić information content (AvgIpc) is 3.27. The Balaban J connectivity index is 1.60. The number of carbonyl (C=O) groups excluding carboxylic acids is 2.